The number of nitrogens with zero attached hydrogens (tertiary/aromatic N) is 1. The van der Waals surface area contributed by atoms with Crippen molar-refractivity contribution in [3.63, 3.8) is 0 Å². The maximum absolute atomic E-state index is 10.3. The third-order valence-corrected chi connectivity index (χ3v) is 0.853. The van der Waals surface area contributed by atoms with Crippen molar-refractivity contribution in [2.75, 3.05) is 13.2 Å². The fourth-order valence-corrected chi connectivity index (χ4v) is 0.488. The van der Waals surface area contributed by atoms with E-state index in [1.54, 1.807) is 6.07 Å². The van der Waals surface area contributed by atoms with Crippen molar-refractivity contribution in [2.45, 2.75) is 0 Å². The summed E-state index contributed by atoms with van der Waals surface area (Å²) in [4.78, 5) is 8.41. The molecule has 0 aromatic rings. The minimum Gasteiger partial charge on any atom is -0.324 e. The van der Waals surface area contributed by atoms with E-state index in [9.17, 15) is 4.57 Å². The predicted octanol–water partition coefficient (Wildman–Crippen LogP) is -0.154. The van der Waals surface area contributed by atoms with Gasteiger partial charge in [-0.2, -0.15) is 10.7 Å². The summed E-state index contributed by atoms with van der Waals surface area (Å²) < 4.78 is 14.4. The molecule has 0 bridgehead atoms. The molecule has 0 fully saturated rings. The third-order valence-electron chi connectivity index (χ3n) is 0.385. The summed E-state index contributed by atoms with van der Waals surface area (Å²) in [6.45, 7) is 0.926. The SMILES string of the molecule is CP(=O)(O)ONCC#N. The molecule has 0 amide bonds. The summed E-state index contributed by atoms with van der Waals surface area (Å²) in [7, 11) is -3.46. The fraction of sp³-hybridized carbons (Fsp3) is 0.667. The summed E-state index contributed by atoms with van der Waals surface area (Å²) >= 11 is 0. The van der Waals surface area contributed by atoms with E-state index in [0.717, 1.165) is 6.66 Å². The second-order valence-electron chi connectivity index (χ2n) is 1.37. The molecular formula is C3H7N2O3P. The van der Waals surface area contributed by atoms with Crippen LogP contribution >= 0.6 is 7.60 Å². The number of nitriles is 1. The van der Waals surface area contributed by atoms with Gasteiger partial charge in [0.15, 0.2) is 0 Å². The first kappa shape index (κ1) is 8.60. The Morgan fingerprint density at radius 3 is 2.89 bits per heavy atom. The van der Waals surface area contributed by atoms with Crippen molar-refractivity contribution >= 4 is 7.60 Å². The highest BCUT2D eigenvalue weighted by Crippen LogP contribution is 2.34. The lowest BCUT2D eigenvalue weighted by atomic mass is 10.8. The van der Waals surface area contributed by atoms with Crippen LogP contribution in [0.5, 0.6) is 0 Å². The van der Waals surface area contributed by atoms with Gasteiger partial charge in [-0.3, -0.25) is 4.57 Å². The highest BCUT2D eigenvalue weighted by atomic mass is 31.2. The number of hydroxylamine groups is 1. The van der Waals surface area contributed by atoms with E-state index in [4.69, 9.17) is 10.2 Å². The molecule has 1 atom stereocenters. The summed E-state index contributed by atoms with van der Waals surface area (Å²) in [6.07, 6.45) is 0. The zero-order valence-corrected chi connectivity index (χ0v) is 5.76. The Hall–Kier alpha value is -0.400. The molecule has 9 heavy (non-hydrogen) atoms. The van der Waals surface area contributed by atoms with Crippen molar-refractivity contribution in [1.29, 1.82) is 5.26 Å². The number of hydrogen-bond donors (Lipinski definition) is 2. The molecule has 2 N–H and O–H groups in total. The van der Waals surface area contributed by atoms with Crippen molar-refractivity contribution < 1.29 is 14.1 Å². The monoisotopic (exact) mass is 150 g/mol. The van der Waals surface area contributed by atoms with Gasteiger partial charge in [0.2, 0.25) is 0 Å². The third kappa shape index (κ3) is 7.60. The van der Waals surface area contributed by atoms with Crippen molar-refractivity contribution in [3.05, 3.63) is 0 Å². The van der Waals surface area contributed by atoms with E-state index in [1.807, 2.05) is 5.48 Å². The predicted molar refractivity (Wildman–Crippen MR) is 30.4 cm³/mol. The zero-order valence-electron chi connectivity index (χ0n) is 4.87. The first-order valence-electron chi connectivity index (χ1n) is 2.15. The van der Waals surface area contributed by atoms with Crippen LogP contribution in [-0.4, -0.2) is 18.1 Å². The van der Waals surface area contributed by atoms with Gasteiger partial charge in [-0.15, -0.1) is 0 Å². The van der Waals surface area contributed by atoms with E-state index in [-0.39, 0.29) is 6.54 Å². The van der Waals surface area contributed by atoms with Crippen LogP contribution in [0.4, 0.5) is 0 Å². The Bertz CT molecular complexity index is 157. The van der Waals surface area contributed by atoms with Gasteiger partial charge in [-0.1, -0.05) is 0 Å². The van der Waals surface area contributed by atoms with E-state index in [2.05, 4.69) is 4.62 Å². The van der Waals surface area contributed by atoms with Gasteiger partial charge in [0.05, 0.1) is 6.07 Å². The van der Waals surface area contributed by atoms with Crippen molar-refractivity contribution in [1.82, 2.24) is 5.48 Å². The van der Waals surface area contributed by atoms with Gasteiger partial charge < -0.3 is 4.89 Å². The zero-order chi connectivity index (χ0) is 7.33. The highest BCUT2D eigenvalue weighted by Gasteiger charge is 2.08. The Balaban J connectivity index is 3.32. The summed E-state index contributed by atoms with van der Waals surface area (Å²) in [6, 6.07) is 1.67. The second kappa shape index (κ2) is 3.59. The second-order valence-corrected chi connectivity index (χ2v) is 3.16. The van der Waals surface area contributed by atoms with Crippen LogP contribution < -0.4 is 5.48 Å². The van der Waals surface area contributed by atoms with E-state index < -0.39 is 7.60 Å². The molecule has 0 spiro atoms. The largest absolute Gasteiger partial charge is 0.341 e. The minimum absolute atomic E-state index is 0.0988. The van der Waals surface area contributed by atoms with Gasteiger partial charge in [-0.25, -0.2) is 4.62 Å². The molecular weight excluding hydrogens is 143 g/mol. The van der Waals surface area contributed by atoms with Crippen LogP contribution in [0.1, 0.15) is 0 Å². The first-order valence-corrected chi connectivity index (χ1v) is 4.17. The van der Waals surface area contributed by atoms with Gasteiger partial charge in [0, 0.05) is 6.66 Å². The molecule has 1 unspecified atom stereocenters. The Morgan fingerprint density at radius 2 is 2.56 bits per heavy atom. The lowest BCUT2D eigenvalue weighted by Crippen LogP contribution is -2.11. The Kier molecular flexibility index (Phi) is 3.43. The van der Waals surface area contributed by atoms with Crippen LogP contribution in [-0.2, 0) is 9.19 Å². The number of nitrogens with one attached hydrogen (secondary N) is 1. The van der Waals surface area contributed by atoms with Gasteiger partial charge in [-0.05, 0) is 0 Å². The molecule has 52 valence electrons. The van der Waals surface area contributed by atoms with Crippen molar-refractivity contribution in [2.24, 2.45) is 0 Å². The summed E-state index contributed by atoms with van der Waals surface area (Å²) in [5.41, 5.74) is 2.00. The quantitative estimate of drug-likeness (QED) is 0.253. The fourth-order valence-electron chi connectivity index (χ4n) is 0.184. The standard InChI is InChI=1S/C3H7N2O3P/c1-9(6,7)8-5-3-2-4/h5H,3H2,1H3,(H,6,7). The topological polar surface area (TPSA) is 82.3 Å². The molecule has 0 rings (SSSR count). The molecule has 0 aromatic carbocycles. The highest BCUT2D eigenvalue weighted by molar-refractivity contribution is 7.51. The summed E-state index contributed by atoms with van der Waals surface area (Å²) in [5.74, 6) is 0. The molecule has 0 saturated heterocycles. The lowest BCUT2D eigenvalue weighted by molar-refractivity contribution is 0.181. The molecule has 0 aliphatic carbocycles. The van der Waals surface area contributed by atoms with Gasteiger partial charge in [0.1, 0.15) is 6.54 Å². The molecule has 0 aliphatic rings. The summed E-state index contributed by atoms with van der Waals surface area (Å²) in [5, 5.41) is 7.90. The molecule has 0 radical (unpaired) electrons. The Labute approximate surface area is 52.7 Å². The molecule has 0 aliphatic heterocycles. The lowest BCUT2D eigenvalue weighted by Gasteiger charge is -2.02. The Morgan fingerprint density at radius 1 is 2.00 bits per heavy atom. The number of rotatable bonds is 3. The normalized spacial score (nSPS) is 16.1. The number of hydrogen-bond acceptors (Lipinski definition) is 4. The van der Waals surface area contributed by atoms with Crippen LogP contribution in [0.3, 0.4) is 0 Å². The van der Waals surface area contributed by atoms with E-state index >= 15 is 0 Å². The maximum atomic E-state index is 10.3. The average molecular weight is 150 g/mol. The van der Waals surface area contributed by atoms with Crippen LogP contribution in [0, 0.1) is 11.3 Å². The van der Waals surface area contributed by atoms with Crippen LogP contribution in [0.2, 0.25) is 0 Å². The first-order chi connectivity index (χ1) is 4.06. The van der Waals surface area contributed by atoms with Crippen LogP contribution in [0.15, 0.2) is 0 Å². The molecule has 5 nitrogen and oxygen atoms in total. The van der Waals surface area contributed by atoms with Gasteiger partial charge in [0.25, 0.3) is 0 Å². The van der Waals surface area contributed by atoms with Crippen molar-refractivity contribution in [3.8, 4) is 6.07 Å². The molecule has 0 saturated carbocycles. The smallest absolute Gasteiger partial charge is 0.324 e. The van der Waals surface area contributed by atoms with Crippen LogP contribution in [0.25, 0.3) is 0 Å². The minimum atomic E-state index is -3.46. The molecule has 0 heterocycles. The molecule has 6 heteroatoms. The average Bonchev–Trinajstić information content (AvgIpc) is 1.63. The maximum Gasteiger partial charge on any atom is 0.341 e. The van der Waals surface area contributed by atoms with Gasteiger partial charge >= 0.3 is 7.60 Å². The van der Waals surface area contributed by atoms with E-state index in [1.165, 1.54) is 0 Å². The molecule has 0 aromatic heterocycles. The van der Waals surface area contributed by atoms with E-state index in [0.29, 0.717) is 0 Å².